The Balaban J connectivity index is 1.45. The molecule has 1 aliphatic heterocycles. The van der Waals surface area contributed by atoms with Gasteiger partial charge >= 0.3 is 0 Å². The standard InChI is InChI=1S/C25H28N4O2/c1-18(20-11-8-12-21(15-20)24(30)19-9-4-2-5-10-19)23-16-22(31-28-23)17-27-25(26)29-13-6-3-7-14-29/h2,4-5,8-12,15-16,18H,3,6-7,13-14,17H2,1H3,(H2,26,27). The number of ketones is 1. The van der Waals surface area contributed by atoms with E-state index in [0.717, 1.165) is 37.2 Å². The molecule has 0 bridgehead atoms. The third-order valence-corrected chi connectivity index (χ3v) is 5.78. The highest BCUT2D eigenvalue weighted by Gasteiger charge is 2.17. The minimum atomic E-state index is -0.00977. The number of carbonyl (C=O) groups is 1. The van der Waals surface area contributed by atoms with Crippen LogP contribution in [0.25, 0.3) is 0 Å². The molecule has 0 aliphatic carbocycles. The molecule has 1 aliphatic rings. The molecule has 2 aromatic carbocycles. The van der Waals surface area contributed by atoms with E-state index in [1.165, 1.54) is 6.42 Å². The minimum Gasteiger partial charge on any atom is -0.370 e. The molecule has 1 unspecified atom stereocenters. The van der Waals surface area contributed by atoms with Crippen molar-refractivity contribution in [1.82, 2.24) is 10.1 Å². The summed E-state index contributed by atoms with van der Waals surface area (Å²) in [6.07, 6.45) is 3.57. The van der Waals surface area contributed by atoms with Gasteiger partial charge in [-0.15, -0.1) is 0 Å². The van der Waals surface area contributed by atoms with Crippen LogP contribution in [0.4, 0.5) is 0 Å². The van der Waals surface area contributed by atoms with E-state index in [9.17, 15) is 4.79 Å². The summed E-state index contributed by atoms with van der Waals surface area (Å²) in [5.41, 5.74) is 9.30. The molecule has 0 saturated carbocycles. The van der Waals surface area contributed by atoms with E-state index in [1.807, 2.05) is 60.7 Å². The number of carbonyl (C=O) groups excluding carboxylic acids is 1. The summed E-state index contributed by atoms with van der Waals surface area (Å²) in [4.78, 5) is 19.4. The topological polar surface area (TPSA) is 84.7 Å². The van der Waals surface area contributed by atoms with E-state index in [1.54, 1.807) is 0 Å². The van der Waals surface area contributed by atoms with Crippen molar-refractivity contribution in [2.24, 2.45) is 10.7 Å². The van der Waals surface area contributed by atoms with Gasteiger partial charge in [-0.25, -0.2) is 4.99 Å². The fraction of sp³-hybridized carbons (Fsp3) is 0.320. The average Bonchev–Trinajstić information content (AvgIpc) is 3.32. The number of nitrogens with two attached hydrogens (primary N) is 1. The molecule has 2 heterocycles. The number of hydrogen-bond donors (Lipinski definition) is 1. The first-order valence-corrected chi connectivity index (χ1v) is 10.8. The molecule has 2 N–H and O–H groups in total. The maximum absolute atomic E-state index is 12.8. The van der Waals surface area contributed by atoms with E-state index in [4.69, 9.17) is 10.3 Å². The Labute approximate surface area is 182 Å². The van der Waals surface area contributed by atoms with Gasteiger partial charge in [0.05, 0.1) is 5.69 Å². The lowest BCUT2D eigenvalue weighted by Crippen LogP contribution is -2.40. The quantitative estimate of drug-likeness (QED) is 0.367. The van der Waals surface area contributed by atoms with Gasteiger partial charge in [0.15, 0.2) is 17.5 Å². The van der Waals surface area contributed by atoms with Gasteiger partial charge in [0.25, 0.3) is 0 Å². The summed E-state index contributed by atoms with van der Waals surface area (Å²) in [6, 6.07) is 18.9. The second-order valence-electron chi connectivity index (χ2n) is 7.98. The van der Waals surface area contributed by atoms with E-state index in [0.29, 0.717) is 29.4 Å². The predicted octanol–water partition coefficient (Wildman–Crippen LogP) is 4.36. The highest BCUT2D eigenvalue weighted by molar-refractivity contribution is 6.09. The van der Waals surface area contributed by atoms with Crippen LogP contribution >= 0.6 is 0 Å². The largest absolute Gasteiger partial charge is 0.370 e. The van der Waals surface area contributed by atoms with Crippen LogP contribution in [0.1, 0.15) is 65.0 Å². The van der Waals surface area contributed by atoms with Gasteiger partial charge in [0.1, 0.15) is 6.54 Å². The number of aromatic nitrogens is 1. The van der Waals surface area contributed by atoms with Crippen molar-refractivity contribution in [3.63, 3.8) is 0 Å². The molecule has 1 fully saturated rings. The van der Waals surface area contributed by atoms with Crippen LogP contribution in [0.3, 0.4) is 0 Å². The lowest BCUT2D eigenvalue weighted by atomic mass is 9.93. The second kappa shape index (κ2) is 9.60. The maximum atomic E-state index is 12.8. The molecular formula is C25H28N4O2. The Kier molecular flexibility index (Phi) is 6.46. The number of piperidine rings is 1. The van der Waals surface area contributed by atoms with Gasteiger partial charge in [0.2, 0.25) is 0 Å². The molecule has 0 spiro atoms. The van der Waals surface area contributed by atoms with Gasteiger partial charge in [0, 0.05) is 36.2 Å². The SMILES string of the molecule is CC(c1cccc(C(=O)c2ccccc2)c1)c1cc(CN=C(N)N2CCCCC2)on1. The average molecular weight is 417 g/mol. The van der Waals surface area contributed by atoms with E-state index >= 15 is 0 Å². The molecule has 1 saturated heterocycles. The summed E-state index contributed by atoms with van der Waals surface area (Å²) >= 11 is 0. The fourth-order valence-electron chi connectivity index (χ4n) is 3.87. The van der Waals surface area contributed by atoms with Gasteiger partial charge in [-0.3, -0.25) is 4.79 Å². The van der Waals surface area contributed by atoms with Crippen molar-refractivity contribution >= 4 is 11.7 Å². The molecule has 3 aromatic rings. The smallest absolute Gasteiger partial charge is 0.193 e. The number of nitrogens with zero attached hydrogens (tertiary/aromatic N) is 3. The normalized spacial score (nSPS) is 15.6. The zero-order valence-electron chi connectivity index (χ0n) is 17.8. The molecule has 1 atom stereocenters. The van der Waals surface area contributed by atoms with Crippen LogP contribution in [-0.2, 0) is 6.54 Å². The lowest BCUT2D eigenvalue weighted by Gasteiger charge is -2.27. The minimum absolute atomic E-state index is 0.00977. The van der Waals surface area contributed by atoms with Crippen molar-refractivity contribution in [3.8, 4) is 0 Å². The van der Waals surface area contributed by atoms with E-state index < -0.39 is 0 Å². The molecule has 160 valence electrons. The Bertz CT molecular complexity index is 1050. The van der Waals surface area contributed by atoms with E-state index in [-0.39, 0.29) is 11.7 Å². The van der Waals surface area contributed by atoms with Crippen molar-refractivity contribution < 1.29 is 9.32 Å². The Morgan fingerprint density at radius 3 is 2.58 bits per heavy atom. The highest BCUT2D eigenvalue weighted by Crippen LogP contribution is 2.25. The molecular weight excluding hydrogens is 388 g/mol. The summed E-state index contributed by atoms with van der Waals surface area (Å²) in [5, 5.41) is 4.23. The van der Waals surface area contributed by atoms with Crippen LogP contribution in [0, 0.1) is 0 Å². The van der Waals surface area contributed by atoms with Crippen molar-refractivity contribution in [2.75, 3.05) is 13.1 Å². The first kappa shape index (κ1) is 20.8. The van der Waals surface area contributed by atoms with Crippen LogP contribution in [0.15, 0.2) is 70.2 Å². The first-order valence-electron chi connectivity index (χ1n) is 10.8. The summed E-state index contributed by atoms with van der Waals surface area (Å²) in [6.45, 7) is 4.35. The van der Waals surface area contributed by atoms with Crippen LogP contribution in [0.2, 0.25) is 0 Å². The maximum Gasteiger partial charge on any atom is 0.193 e. The molecule has 31 heavy (non-hydrogen) atoms. The zero-order chi connectivity index (χ0) is 21.6. The van der Waals surface area contributed by atoms with Gasteiger partial charge in [-0.2, -0.15) is 0 Å². The van der Waals surface area contributed by atoms with Crippen LogP contribution in [-0.4, -0.2) is 34.9 Å². The number of benzene rings is 2. The van der Waals surface area contributed by atoms with Gasteiger partial charge in [-0.05, 0) is 30.9 Å². The highest BCUT2D eigenvalue weighted by atomic mass is 16.5. The van der Waals surface area contributed by atoms with E-state index in [2.05, 4.69) is 22.0 Å². The zero-order valence-corrected chi connectivity index (χ0v) is 17.8. The van der Waals surface area contributed by atoms with Crippen LogP contribution in [0.5, 0.6) is 0 Å². The summed E-state index contributed by atoms with van der Waals surface area (Å²) in [7, 11) is 0. The lowest BCUT2D eigenvalue weighted by molar-refractivity contribution is 0.103. The molecule has 1 aromatic heterocycles. The molecule has 0 amide bonds. The monoisotopic (exact) mass is 416 g/mol. The van der Waals surface area contributed by atoms with Crippen molar-refractivity contribution in [2.45, 2.75) is 38.6 Å². The van der Waals surface area contributed by atoms with Crippen LogP contribution < -0.4 is 5.73 Å². The molecule has 0 radical (unpaired) electrons. The second-order valence-corrected chi connectivity index (χ2v) is 7.98. The first-order chi connectivity index (χ1) is 15.1. The Hall–Kier alpha value is -3.41. The number of aliphatic imine (C=N–C) groups is 1. The number of likely N-dealkylation sites (tertiary alicyclic amines) is 1. The number of guanidine groups is 1. The third-order valence-electron chi connectivity index (χ3n) is 5.78. The number of rotatable bonds is 6. The molecule has 6 nitrogen and oxygen atoms in total. The third kappa shape index (κ3) is 5.02. The van der Waals surface area contributed by atoms with Crippen molar-refractivity contribution in [3.05, 3.63) is 88.8 Å². The molecule has 4 rings (SSSR count). The van der Waals surface area contributed by atoms with Gasteiger partial charge < -0.3 is 15.2 Å². The fourth-order valence-corrected chi connectivity index (χ4v) is 3.87. The molecule has 6 heteroatoms. The van der Waals surface area contributed by atoms with Crippen molar-refractivity contribution in [1.29, 1.82) is 0 Å². The predicted molar refractivity (Wildman–Crippen MR) is 121 cm³/mol. The Morgan fingerprint density at radius 1 is 1.06 bits per heavy atom. The Morgan fingerprint density at radius 2 is 1.81 bits per heavy atom. The number of hydrogen-bond acceptors (Lipinski definition) is 4. The van der Waals surface area contributed by atoms with Gasteiger partial charge in [-0.1, -0.05) is 60.6 Å². The summed E-state index contributed by atoms with van der Waals surface area (Å²) < 4.78 is 5.49. The summed E-state index contributed by atoms with van der Waals surface area (Å²) in [5.74, 6) is 1.25.